The number of hydrogen-bond acceptors (Lipinski definition) is 4. The van der Waals surface area contributed by atoms with Gasteiger partial charge in [0, 0.05) is 36.6 Å². The molecule has 2 aromatic heterocycles. The predicted molar refractivity (Wildman–Crippen MR) is 199 cm³/mol. The van der Waals surface area contributed by atoms with Crippen LogP contribution in [-0.2, 0) is 30.2 Å². The average Bonchev–Trinajstić information content (AvgIpc) is 3.11. The molecule has 0 spiro atoms. The van der Waals surface area contributed by atoms with Gasteiger partial charge in [0.15, 0.2) is 0 Å². The summed E-state index contributed by atoms with van der Waals surface area (Å²) in [5.74, 6) is 0.653. The number of rotatable bonds is 14. The first-order chi connectivity index (χ1) is 23.4. The number of hydrogen-bond donors (Lipinski definition) is 2. The number of pyridine rings is 2. The van der Waals surface area contributed by atoms with E-state index >= 15 is 0 Å². The molecule has 0 fully saturated rings. The molecule has 2 heterocycles. The third-order valence-electron chi connectivity index (χ3n) is 7.61. The second-order valence-corrected chi connectivity index (χ2v) is 11.9. The van der Waals surface area contributed by atoms with Crippen molar-refractivity contribution < 1.29 is 17.3 Å². The van der Waals surface area contributed by atoms with E-state index in [1.165, 1.54) is 22.3 Å². The number of benzene rings is 3. The van der Waals surface area contributed by atoms with E-state index in [1.807, 2.05) is 66.1 Å². The van der Waals surface area contributed by atoms with Crippen molar-refractivity contribution in [2.75, 3.05) is 13.1 Å². The number of nitrogens with one attached hydrogen (secondary N) is 2. The van der Waals surface area contributed by atoms with Crippen LogP contribution in [0.2, 0.25) is 0 Å². The first kappa shape index (κ1) is 38.8. The average molecular weight is 749 g/mol. The third kappa shape index (κ3) is 14.7. The Kier molecular flexibility index (Phi) is 17.9. The summed E-state index contributed by atoms with van der Waals surface area (Å²) in [6, 6.07) is 37.3. The van der Waals surface area contributed by atoms with E-state index < -0.39 is 0 Å². The zero-order valence-electron chi connectivity index (χ0n) is 28.6. The summed E-state index contributed by atoms with van der Waals surface area (Å²) >= 11 is 1.82. The van der Waals surface area contributed by atoms with Crippen LogP contribution in [0.1, 0.15) is 53.4 Å². The second-order valence-electron chi connectivity index (χ2n) is 11.9. The van der Waals surface area contributed by atoms with E-state index in [0.717, 1.165) is 48.7 Å². The molecule has 3 aromatic carbocycles. The van der Waals surface area contributed by atoms with Gasteiger partial charge in [-0.25, -0.2) is 0 Å². The normalized spacial score (nSPS) is 11.8. The molecular weight excluding hydrogens is 701 g/mol. The second kappa shape index (κ2) is 22.1. The summed E-state index contributed by atoms with van der Waals surface area (Å²) in [7, 11) is 4.57. The summed E-state index contributed by atoms with van der Waals surface area (Å²) in [6.45, 7) is 12.2. The van der Waals surface area contributed by atoms with E-state index in [9.17, 15) is 0 Å². The molecule has 0 saturated heterocycles. The van der Waals surface area contributed by atoms with E-state index in [0.29, 0.717) is 5.92 Å². The Morgan fingerprint density at radius 3 is 1.27 bits per heavy atom. The molecule has 254 valence electrons. The van der Waals surface area contributed by atoms with Crippen molar-refractivity contribution in [2.45, 2.75) is 65.7 Å². The Hall–Kier alpha value is -3.61. The van der Waals surface area contributed by atoms with Gasteiger partial charge in [-0.15, -0.1) is 11.4 Å². The standard InChI is InChI=1S/C30H34N6.C10H14.ClH.Ru/c1-23-9-13-27(14-10-23)35-29(33-21-17-25-7-3-5-19-31-25)30(36-28-15-11-24(2)12-16-28)34-22-18-26-8-4-6-20-32-26;1-8(2)10-6-4-9(3)5-7-10;;/h3-16,19-20,29-30,33-34H,17-18,21-22H2,1-2H3;4-8H,1-3H3;1H;/q-2;;;+2/p-1. The maximum atomic E-state index is 5.07. The molecule has 6 nitrogen and oxygen atoms in total. The first-order valence-corrected chi connectivity index (χ1v) is 18.6. The number of aromatic nitrogens is 2. The fourth-order valence-electron chi connectivity index (χ4n) is 4.78. The Morgan fingerprint density at radius 1 is 0.562 bits per heavy atom. The van der Waals surface area contributed by atoms with Crippen molar-refractivity contribution >= 4 is 21.1 Å². The molecule has 0 aliphatic carbocycles. The van der Waals surface area contributed by atoms with Gasteiger partial charge in [0.1, 0.15) is 0 Å². The molecular formula is C40H48ClN6Ru-. The number of nitrogens with zero attached hydrogens (tertiary/aromatic N) is 4. The van der Waals surface area contributed by atoms with Crippen molar-refractivity contribution in [3.8, 4) is 0 Å². The van der Waals surface area contributed by atoms with Crippen LogP contribution in [0, 0.1) is 20.8 Å². The summed E-state index contributed by atoms with van der Waals surface area (Å²) < 4.78 is 0. The fourth-order valence-corrected chi connectivity index (χ4v) is 4.78. The van der Waals surface area contributed by atoms with Crippen LogP contribution in [0.4, 0.5) is 11.4 Å². The molecule has 8 heteroatoms. The predicted octanol–water partition coefficient (Wildman–Crippen LogP) is 9.93. The third-order valence-corrected chi connectivity index (χ3v) is 7.61. The Morgan fingerprint density at radius 2 is 0.938 bits per heavy atom. The molecule has 2 N–H and O–H groups in total. The van der Waals surface area contributed by atoms with E-state index in [4.69, 9.17) is 10.6 Å². The molecule has 0 saturated carbocycles. The molecule has 5 aromatic rings. The van der Waals surface area contributed by atoms with Gasteiger partial charge in [-0.05, 0) is 69.6 Å². The number of aryl methyl sites for hydroxylation is 3. The van der Waals surface area contributed by atoms with E-state index in [2.05, 4.69) is 138 Å². The molecule has 2 unspecified atom stereocenters. The molecule has 5 rings (SSSR count). The summed E-state index contributed by atoms with van der Waals surface area (Å²) in [4.78, 5) is 8.91. The Labute approximate surface area is 302 Å². The monoisotopic (exact) mass is 749 g/mol. The molecule has 2 atom stereocenters. The van der Waals surface area contributed by atoms with Gasteiger partial charge in [0.05, 0.1) is 0 Å². The zero-order chi connectivity index (χ0) is 34.6. The van der Waals surface area contributed by atoms with Crippen LogP contribution < -0.4 is 10.6 Å². The van der Waals surface area contributed by atoms with Crippen LogP contribution in [-0.4, -0.2) is 35.4 Å². The summed E-state index contributed by atoms with van der Waals surface area (Å²) in [6.07, 6.45) is 4.76. The van der Waals surface area contributed by atoms with Gasteiger partial charge < -0.3 is 21.3 Å². The molecule has 48 heavy (non-hydrogen) atoms. The maximum absolute atomic E-state index is 5.07. The van der Waals surface area contributed by atoms with Gasteiger partial charge in [0.2, 0.25) is 0 Å². The van der Waals surface area contributed by atoms with Crippen LogP contribution in [0.3, 0.4) is 0 Å². The summed E-state index contributed by atoms with van der Waals surface area (Å²) in [5, 5.41) is 17.4. The van der Waals surface area contributed by atoms with Crippen LogP contribution in [0.15, 0.2) is 122 Å². The van der Waals surface area contributed by atoms with Gasteiger partial charge in [-0.2, -0.15) is 0 Å². The molecule has 0 aliphatic rings. The van der Waals surface area contributed by atoms with Gasteiger partial charge in [0.25, 0.3) is 0 Å². The van der Waals surface area contributed by atoms with Gasteiger partial charge in [-0.3, -0.25) is 9.97 Å². The van der Waals surface area contributed by atoms with Crippen molar-refractivity contribution in [2.24, 2.45) is 0 Å². The quantitative estimate of drug-likeness (QED) is 0.111. The van der Waals surface area contributed by atoms with Crippen molar-refractivity contribution in [3.63, 3.8) is 0 Å². The van der Waals surface area contributed by atoms with E-state index in [-0.39, 0.29) is 12.3 Å². The Bertz CT molecular complexity index is 1440. The van der Waals surface area contributed by atoms with Gasteiger partial charge in [-0.1, -0.05) is 128 Å². The first-order valence-electron chi connectivity index (χ1n) is 16.4. The topological polar surface area (TPSA) is 78.0 Å². The van der Waals surface area contributed by atoms with Crippen molar-refractivity contribution in [1.29, 1.82) is 0 Å². The SMILES string of the molecule is Cc1ccc(C(C)C)cc1.Cc1ccc([N-]C(NCCc2ccccn2)C([N-]c2ccc(C)cc2)NCCc2ccccn2)cc1.[Cl][Ru+]. The van der Waals surface area contributed by atoms with Crippen LogP contribution >= 0.6 is 9.69 Å². The Balaban J connectivity index is 0.000000442. The fraction of sp³-hybridized carbons (Fsp3) is 0.300. The minimum absolute atomic E-state index is 0.263. The molecule has 0 amide bonds. The van der Waals surface area contributed by atoms with Crippen LogP contribution in [0.5, 0.6) is 0 Å². The summed E-state index contributed by atoms with van der Waals surface area (Å²) in [5.41, 5.74) is 9.13. The minimum atomic E-state index is -0.263. The van der Waals surface area contributed by atoms with E-state index in [1.54, 1.807) is 0 Å². The van der Waals surface area contributed by atoms with Crippen molar-refractivity contribution in [3.05, 3.63) is 166 Å². The van der Waals surface area contributed by atoms with Gasteiger partial charge >= 0.3 is 27.0 Å². The molecule has 0 radical (unpaired) electrons. The molecule has 0 aliphatic heterocycles. The molecule has 0 bridgehead atoms. The van der Waals surface area contributed by atoms with Crippen molar-refractivity contribution in [1.82, 2.24) is 20.6 Å². The zero-order valence-corrected chi connectivity index (χ0v) is 31.1. The van der Waals surface area contributed by atoms with Crippen LogP contribution in [0.25, 0.3) is 10.6 Å². The number of halogens is 1.